The molecule has 0 spiro atoms. The van der Waals surface area contributed by atoms with Crippen molar-refractivity contribution in [1.82, 2.24) is 10.1 Å². The van der Waals surface area contributed by atoms with E-state index >= 15 is 0 Å². The average Bonchev–Trinajstić information content (AvgIpc) is 3.28. The summed E-state index contributed by atoms with van der Waals surface area (Å²) in [7, 11) is 0. The summed E-state index contributed by atoms with van der Waals surface area (Å²) in [5.74, 6) is 0.430. The molecule has 0 saturated carbocycles. The molecule has 0 unspecified atom stereocenters. The number of piperidine rings is 1. The van der Waals surface area contributed by atoms with Gasteiger partial charge < -0.3 is 19.5 Å². The standard InChI is InChI=1S/C29H34ClN3O4/c1-19(2)28(34)31-23-9-6-8-22(18-23)21-12-15-33(16-13-21)14-7-17-36-29(35)26-20(3)37-32-27(26)24-10-4-5-11-25(24)30/h4-6,8-11,18-19,21H,7,12-17H2,1-3H3,(H,31,34). The monoisotopic (exact) mass is 523 g/mol. The minimum absolute atomic E-state index is 0.0342. The summed E-state index contributed by atoms with van der Waals surface area (Å²) in [5, 5.41) is 7.53. The minimum atomic E-state index is -0.447. The lowest BCUT2D eigenvalue weighted by molar-refractivity contribution is -0.118. The second kappa shape index (κ2) is 12.4. The summed E-state index contributed by atoms with van der Waals surface area (Å²) in [6.45, 7) is 8.65. The summed E-state index contributed by atoms with van der Waals surface area (Å²) >= 11 is 6.29. The van der Waals surface area contributed by atoms with Crippen LogP contribution in [0.2, 0.25) is 5.02 Å². The second-order valence-electron chi connectivity index (χ2n) is 9.82. The number of nitrogens with zero attached hydrogens (tertiary/aromatic N) is 2. The van der Waals surface area contributed by atoms with Crippen LogP contribution in [0.1, 0.15) is 60.7 Å². The zero-order valence-corrected chi connectivity index (χ0v) is 22.4. The van der Waals surface area contributed by atoms with Gasteiger partial charge in [-0.2, -0.15) is 0 Å². The highest BCUT2D eigenvalue weighted by atomic mass is 35.5. The summed E-state index contributed by atoms with van der Waals surface area (Å²) in [6, 6.07) is 15.4. The molecular weight excluding hydrogens is 490 g/mol. The molecule has 1 aliphatic rings. The third-order valence-corrected chi connectivity index (χ3v) is 7.11. The van der Waals surface area contributed by atoms with Gasteiger partial charge in [0.1, 0.15) is 17.0 Å². The van der Waals surface area contributed by atoms with Crippen LogP contribution in [0, 0.1) is 12.8 Å². The maximum absolute atomic E-state index is 12.8. The summed E-state index contributed by atoms with van der Waals surface area (Å²) < 4.78 is 10.8. The molecule has 3 aromatic rings. The van der Waals surface area contributed by atoms with Gasteiger partial charge >= 0.3 is 5.97 Å². The molecule has 1 aromatic heterocycles. The first-order valence-electron chi connectivity index (χ1n) is 12.8. The van der Waals surface area contributed by atoms with Crippen molar-refractivity contribution >= 4 is 29.2 Å². The minimum Gasteiger partial charge on any atom is -0.462 e. The van der Waals surface area contributed by atoms with E-state index in [0.717, 1.165) is 44.6 Å². The van der Waals surface area contributed by atoms with Gasteiger partial charge in [-0.3, -0.25) is 4.79 Å². The number of likely N-dealkylation sites (tertiary alicyclic amines) is 1. The molecule has 1 N–H and O–H groups in total. The molecule has 1 saturated heterocycles. The number of esters is 1. The Hall–Kier alpha value is -3.16. The van der Waals surface area contributed by atoms with E-state index in [1.165, 1.54) is 5.56 Å². The normalized spacial score (nSPS) is 14.6. The molecule has 2 heterocycles. The summed E-state index contributed by atoms with van der Waals surface area (Å²) in [6.07, 6.45) is 2.86. The number of anilines is 1. The lowest BCUT2D eigenvalue weighted by Gasteiger charge is -2.32. The van der Waals surface area contributed by atoms with E-state index < -0.39 is 5.97 Å². The van der Waals surface area contributed by atoms with Gasteiger partial charge in [0.2, 0.25) is 5.91 Å². The van der Waals surface area contributed by atoms with Gasteiger partial charge in [-0.25, -0.2) is 4.79 Å². The lowest BCUT2D eigenvalue weighted by Crippen LogP contribution is -2.34. The molecular formula is C29H34ClN3O4. The number of carbonyl (C=O) groups excluding carboxylic acids is 2. The fourth-order valence-electron chi connectivity index (χ4n) is 4.62. The molecule has 1 aliphatic heterocycles. The number of ether oxygens (including phenoxy) is 1. The predicted molar refractivity (Wildman–Crippen MR) is 145 cm³/mol. The highest BCUT2D eigenvalue weighted by Crippen LogP contribution is 2.32. The Labute approximate surface area is 223 Å². The quantitative estimate of drug-likeness (QED) is 0.261. The van der Waals surface area contributed by atoms with Gasteiger partial charge in [0.25, 0.3) is 0 Å². The van der Waals surface area contributed by atoms with Gasteiger partial charge in [-0.1, -0.05) is 60.9 Å². The van der Waals surface area contributed by atoms with Crippen LogP contribution >= 0.6 is 11.6 Å². The van der Waals surface area contributed by atoms with Gasteiger partial charge in [0, 0.05) is 23.7 Å². The van der Waals surface area contributed by atoms with Crippen LogP contribution in [0.15, 0.2) is 53.1 Å². The predicted octanol–water partition coefficient (Wildman–Crippen LogP) is 6.32. The molecule has 4 rings (SSSR count). The molecule has 1 amide bonds. The van der Waals surface area contributed by atoms with Crippen LogP contribution < -0.4 is 5.32 Å². The molecule has 196 valence electrons. The fourth-order valence-corrected chi connectivity index (χ4v) is 4.85. The molecule has 2 aromatic carbocycles. The van der Waals surface area contributed by atoms with Crippen molar-refractivity contribution < 1.29 is 18.8 Å². The number of hydrogen-bond donors (Lipinski definition) is 1. The molecule has 37 heavy (non-hydrogen) atoms. The van der Waals surface area contributed by atoms with Crippen molar-refractivity contribution in [2.75, 3.05) is 31.6 Å². The topological polar surface area (TPSA) is 84.7 Å². The summed E-state index contributed by atoms with van der Waals surface area (Å²) in [4.78, 5) is 27.2. The van der Waals surface area contributed by atoms with E-state index in [-0.39, 0.29) is 11.8 Å². The first-order chi connectivity index (χ1) is 17.8. The van der Waals surface area contributed by atoms with Crippen LogP contribution in [0.5, 0.6) is 0 Å². The highest BCUT2D eigenvalue weighted by Gasteiger charge is 2.25. The summed E-state index contributed by atoms with van der Waals surface area (Å²) in [5.41, 5.74) is 3.50. The van der Waals surface area contributed by atoms with Gasteiger partial charge in [0.05, 0.1) is 11.6 Å². The number of hydrogen-bond acceptors (Lipinski definition) is 6. The van der Waals surface area contributed by atoms with Crippen LogP contribution in [0.25, 0.3) is 11.3 Å². The van der Waals surface area contributed by atoms with E-state index in [1.807, 2.05) is 38.1 Å². The smallest absolute Gasteiger partial charge is 0.344 e. The van der Waals surface area contributed by atoms with Crippen LogP contribution in [0.4, 0.5) is 5.69 Å². The maximum Gasteiger partial charge on any atom is 0.344 e. The molecule has 0 aliphatic carbocycles. The van der Waals surface area contributed by atoms with Crippen molar-refractivity contribution in [2.24, 2.45) is 5.92 Å². The van der Waals surface area contributed by atoms with E-state index in [4.69, 9.17) is 20.9 Å². The van der Waals surface area contributed by atoms with Crippen molar-refractivity contribution in [3.63, 3.8) is 0 Å². The Kier molecular flexibility index (Phi) is 9.00. The fraction of sp³-hybridized carbons (Fsp3) is 0.414. The number of halogens is 1. The Morgan fingerprint density at radius 3 is 2.65 bits per heavy atom. The number of aryl methyl sites for hydroxylation is 1. The number of benzene rings is 2. The first kappa shape index (κ1) is 26.9. The van der Waals surface area contributed by atoms with Crippen LogP contribution in [0.3, 0.4) is 0 Å². The third-order valence-electron chi connectivity index (χ3n) is 6.79. The largest absolute Gasteiger partial charge is 0.462 e. The number of nitrogens with one attached hydrogen (secondary N) is 1. The molecule has 0 radical (unpaired) electrons. The number of amides is 1. The molecule has 7 nitrogen and oxygen atoms in total. The zero-order chi connectivity index (χ0) is 26.4. The first-order valence-corrected chi connectivity index (χ1v) is 13.2. The highest BCUT2D eigenvalue weighted by molar-refractivity contribution is 6.33. The second-order valence-corrected chi connectivity index (χ2v) is 10.2. The number of aromatic nitrogens is 1. The average molecular weight is 524 g/mol. The van der Waals surface area contributed by atoms with Gasteiger partial charge in [0.15, 0.2) is 0 Å². The maximum atomic E-state index is 12.8. The van der Waals surface area contributed by atoms with E-state index in [0.29, 0.717) is 40.1 Å². The van der Waals surface area contributed by atoms with E-state index in [2.05, 4.69) is 27.5 Å². The zero-order valence-electron chi connectivity index (χ0n) is 21.6. The molecule has 8 heteroatoms. The number of carbonyl (C=O) groups is 2. The van der Waals surface area contributed by atoms with Gasteiger partial charge in [-0.15, -0.1) is 0 Å². The van der Waals surface area contributed by atoms with Crippen molar-refractivity contribution in [3.8, 4) is 11.3 Å². The van der Waals surface area contributed by atoms with Crippen molar-refractivity contribution in [1.29, 1.82) is 0 Å². The van der Waals surface area contributed by atoms with E-state index in [9.17, 15) is 9.59 Å². The molecule has 0 bridgehead atoms. The van der Waals surface area contributed by atoms with E-state index in [1.54, 1.807) is 19.1 Å². The van der Waals surface area contributed by atoms with Crippen LogP contribution in [-0.2, 0) is 9.53 Å². The van der Waals surface area contributed by atoms with Crippen molar-refractivity contribution in [3.05, 3.63) is 70.4 Å². The lowest BCUT2D eigenvalue weighted by atomic mass is 9.89. The van der Waals surface area contributed by atoms with Crippen LogP contribution in [-0.4, -0.2) is 48.2 Å². The SMILES string of the molecule is Cc1onc(-c2ccccc2Cl)c1C(=O)OCCCN1CCC(c2cccc(NC(=O)C(C)C)c2)CC1. The Balaban J connectivity index is 1.23. The van der Waals surface area contributed by atoms with Gasteiger partial charge in [-0.05, 0) is 69.0 Å². The molecule has 1 fully saturated rings. The van der Waals surface area contributed by atoms with Crippen molar-refractivity contribution in [2.45, 2.75) is 46.0 Å². The Morgan fingerprint density at radius 1 is 1.16 bits per heavy atom. The Bertz CT molecular complexity index is 1230. The molecule has 0 atom stereocenters. The Morgan fingerprint density at radius 2 is 1.92 bits per heavy atom. The third kappa shape index (κ3) is 6.79. The number of rotatable bonds is 9.